The molecule has 0 saturated carbocycles. The number of hydrogen-bond donors (Lipinski definition) is 2. The molecule has 11 heteroatoms. The summed E-state index contributed by atoms with van der Waals surface area (Å²) in [6.45, 7) is 0.338. The molecule has 0 bridgehead atoms. The average Bonchev–Trinajstić information content (AvgIpc) is 2.81. The van der Waals surface area contributed by atoms with Gasteiger partial charge < -0.3 is 19.9 Å². The van der Waals surface area contributed by atoms with E-state index in [1.54, 1.807) is 38.5 Å². The molecule has 1 aromatic heterocycles. The molecule has 2 N–H and O–H groups in total. The van der Waals surface area contributed by atoms with Crippen molar-refractivity contribution in [3.63, 3.8) is 0 Å². The maximum absolute atomic E-state index is 13.4. The fraction of sp³-hybridized carbons (Fsp3) is 0.280. The number of aryl methyl sites for hydroxylation is 1. The van der Waals surface area contributed by atoms with Crippen molar-refractivity contribution in [2.45, 2.75) is 18.6 Å². The van der Waals surface area contributed by atoms with E-state index < -0.39 is 23.7 Å². The highest BCUT2D eigenvalue weighted by atomic mass is 19.4. The molecule has 188 valence electrons. The van der Waals surface area contributed by atoms with E-state index in [0.29, 0.717) is 41.1 Å². The topological polar surface area (TPSA) is 97.7 Å². The third kappa shape index (κ3) is 4.86. The molecule has 2 aromatic carbocycles. The molecule has 0 aliphatic carbocycles. The molecule has 1 aliphatic heterocycles. The second-order valence-electron chi connectivity index (χ2n) is 8.59. The van der Waals surface area contributed by atoms with Crippen molar-refractivity contribution in [1.82, 2.24) is 14.7 Å². The van der Waals surface area contributed by atoms with Crippen LogP contribution in [0.5, 0.6) is 0 Å². The number of nitrogens with zero attached hydrogens (tertiary/aromatic N) is 4. The van der Waals surface area contributed by atoms with Crippen molar-refractivity contribution in [2.75, 3.05) is 26.0 Å². The third-order valence-corrected chi connectivity index (χ3v) is 6.02. The maximum atomic E-state index is 13.4. The number of carbonyl (C=O) groups is 1. The van der Waals surface area contributed by atoms with Crippen molar-refractivity contribution in [2.24, 2.45) is 7.05 Å². The van der Waals surface area contributed by atoms with E-state index in [-0.39, 0.29) is 11.3 Å². The molecule has 2 heterocycles. The summed E-state index contributed by atoms with van der Waals surface area (Å²) in [6, 6.07) is 10.6. The van der Waals surface area contributed by atoms with Gasteiger partial charge in [0.1, 0.15) is 0 Å². The number of nitrogens with one attached hydrogen (secondary N) is 1. The van der Waals surface area contributed by atoms with Crippen LogP contribution in [-0.4, -0.2) is 46.5 Å². The Morgan fingerprint density at radius 2 is 1.94 bits per heavy atom. The average molecular weight is 499 g/mol. The summed E-state index contributed by atoms with van der Waals surface area (Å²) in [5.41, 5.74) is 1.25. The van der Waals surface area contributed by atoms with Crippen molar-refractivity contribution in [3.05, 3.63) is 76.6 Å². The first-order chi connectivity index (χ1) is 17.0. The molecule has 0 saturated heterocycles. The zero-order valence-corrected chi connectivity index (χ0v) is 19.8. The number of hydroxylamine groups is 2. The van der Waals surface area contributed by atoms with Gasteiger partial charge in [-0.25, -0.2) is 4.74 Å². The first kappa shape index (κ1) is 25.1. The van der Waals surface area contributed by atoms with Crippen LogP contribution in [0.15, 0.2) is 64.5 Å². The normalized spacial score (nSPS) is 15.4. The number of aromatic nitrogens is 1. The standard InChI is InChI=1S/C25H24F3N5O3/c1-31-10-9-20(30-17-6-4-5-16(12-17)25(26,27)28)22(24(31)34)23(33(3)35)18-8-7-15(13-29)11-19(18)21-14-32(2)36-21/h4-8,11-12,14,23,30,35H,9-10H2,1-3H3. The zero-order valence-electron chi connectivity index (χ0n) is 19.8. The second-order valence-corrected chi connectivity index (χ2v) is 8.59. The molecule has 4 rings (SSSR count). The van der Waals surface area contributed by atoms with Gasteiger partial charge in [0.25, 0.3) is 5.91 Å². The summed E-state index contributed by atoms with van der Waals surface area (Å²) >= 11 is 0. The molecule has 36 heavy (non-hydrogen) atoms. The van der Waals surface area contributed by atoms with E-state index >= 15 is 0 Å². The van der Waals surface area contributed by atoms with Crippen LogP contribution in [0.25, 0.3) is 11.3 Å². The molecular formula is C25H24F3N5O3. The highest BCUT2D eigenvalue weighted by Gasteiger charge is 2.36. The number of nitriles is 1. The first-order valence-electron chi connectivity index (χ1n) is 11.0. The minimum atomic E-state index is -4.52. The Balaban J connectivity index is 1.87. The smallest absolute Gasteiger partial charge is 0.378 e. The summed E-state index contributed by atoms with van der Waals surface area (Å²) in [7, 11) is 4.68. The number of likely N-dealkylation sites (N-methyl/N-ethyl adjacent to an activating group) is 2. The van der Waals surface area contributed by atoms with E-state index in [2.05, 4.69) is 11.4 Å². The van der Waals surface area contributed by atoms with Gasteiger partial charge in [-0.1, -0.05) is 12.1 Å². The van der Waals surface area contributed by atoms with Crippen LogP contribution < -0.4 is 5.32 Å². The Morgan fingerprint density at radius 3 is 2.56 bits per heavy atom. The Labute approximate surface area is 205 Å². The van der Waals surface area contributed by atoms with Gasteiger partial charge in [-0.05, 0) is 35.9 Å². The molecule has 1 atom stereocenters. The van der Waals surface area contributed by atoms with Gasteiger partial charge in [0.15, 0.2) is 5.76 Å². The van der Waals surface area contributed by atoms with Crippen molar-refractivity contribution < 1.29 is 27.7 Å². The van der Waals surface area contributed by atoms with E-state index in [1.165, 1.54) is 28.8 Å². The summed E-state index contributed by atoms with van der Waals surface area (Å²) in [5.74, 6) is 0.0543. The number of anilines is 1. The fourth-order valence-electron chi connectivity index (χ4n) is 4.27. The zero-order chi connectivity index (χ0) is 26.2. The van der Waals surface area contributed by atoms with Crippen molar-refractivity contribution >= 4 is 11.6 Å². The van der Waals surface area contributed by atoms with Crippen molar-refractivity contribution in [1.29, 1.82) is 5.26 Å². The van der Waals surface area contributed by atoms with Crippen LogP contribution >= 0.6 is 0 Å². The summed E-state index contributed by atoms with van der Waals surface area (Å²) in [4.78, 5) is 14.9. The number of amides is 1. The molecule has 0 spiro atoms. The Bertz CT molecular complexity index is 1350. The molecule has 1 aliphatic rings. The molecule has 3 aromatic rings. The lowest BCUT2D eigenvalue weighted by molar-refractivity contribution is -0.137. The number of carbonyl (C=O) groups excluding carboxylic acids is 1. The van der Waals surface area contributed by atoms with Crippen LogP contribution in [-0.2, 0) is 18.0 Å². The Morgan fingerprint density at radius 1 is 1.22 bits per heavy atom. The number of alkyl halides is 3. The predicted molar refractivity (Wildman–Crippen MR) is 124 cm³/mol. The summed E-state index contributed by atoms with van der Waals surface area (Å²) in [6.07, 6.45) is -2.50. The SMILES string of the molecule is CN1CCC(Nc2cccc(C(F)(F)F)c2)=C(C(c2ccc(C#N)cc2-c2cn(C)o2)N(C)O)C1=O. The molecule has 8 nitrogen and oxygen atoms in total. The van der Waals surface area contributed by atoms with E-state index in [9.17, 15) is 28.4 Å². The quantitative estimate of drug-likeness (QED) is 0.475. The first-order valence-corrected chi connectivity index (χ1v) is 11.0. The lowest BCUT2D eigenvalue weighted by Crippen LogP contribution is -2.40. The van der Waals surface area contributed by atoms with Gasteiger partial charge in [-0.15, -0.1) is 0 Å². The lowest BCUT2D eigenvalue weighted by Gasteiger charge is -2.35. The fourth-order valence-corrected chi connectivity index (χ4v) is 4.27. The van der Waals surface area contributed by atoms with Crippen LogP contribution in [0, 0.1) is 11.3 Å². The summed E-state index contributed by atoms with van der Waals surface area (Å²) < 4.78 is 46.8. The highest BCUT2D eigenvalue weighted by molar-refractivity contribution is 5.97. The molecule has 0 fully saturated rings. The molecule has 1 amide bonds. The Kier molecular flexibility index (Phi) is 6.67. The van der Waals surface area contributed by atoms with E-state index in [1.807, 2.05) is 0 Å². The highest BCUT2D eigenvalue weighted by Crippen LogP contribution is 2.40. The molecule has 0 radical (unpaired) electrons. The van der Waals surface area contributed by atoms with E-state index in [0.717, 1.165) is 17.2 Å². The monoisotopic (exact) mass is 499 g/mol. The van der Waals surface area contributed by atoms with Crippen LogP contribution in [0.3, 0.4) is 0 Å². The minimum Gasteiger partial charge on any atom is -0.378 e. The van der Waals surface area contributed by atoms with Gasteiger partial charge in [0, 0.05) is 51.1 Å². The maximum Gasteiger partial charge on any atom is 0.416 e. The van der Waals surface area contributed by atoms with Gasteiger partial charge >= 0.3 is 6.18 Å². The molecule has 1 unspecified atom stereocenters. The second kappa shape index (κ2) is 9.56. The van der Waals surface area contributed by atoms with Gasteiger partial charge in [-0.3, -0.25) is 4.79 Å². The van der Waals surface area contributed by atoms with Crippen LogP contribution in [0.4, 0.5) is 18.9 Å². The van der Waals surface area contributed by atoms with Gasteiger partial charge in [-0.2, -0.15) is 23.5 Å². The van der Waals surface area contributed by atoms with Crippen molar-refractivity contribution in [3.8, 4) is 17.4 Å². The predicted octanol–water partition coefficient (Wildman–Crippen LogP) is 4.77. The van der Waals surface area contributed by atoms with Crippen LogP contribution in [0.2, 0.25) is 0 Å². The third-order valence-electron chi connectivity index (χ3n) is 6.02. The Hall–Kier alpha value is -4.01. The summed E-state index contributed by atoms with van der Waals surface area (Å²) in [5, 5.41) is 24.0. The lowest BCUT2D eigenvalue weighted by atomic mass is 9.88. The van der Waals surface area contributed by atoms with E-state index in [4.69, 9.17) is 4.52 Å². The minimum absolute atomic E-state index is 0.167. The van der Waals surface area contributed by atoms with Gasteiger partial charge in [0.05, 0.1) is 35.0 Å². The number of halogens is 3. The van der Waals surface area contributed by atoms with Crippen LogP contribution in [0.1, 0.15) is 29.2 Å². The molecular weight excluding hydrogens is 475 g/mol. The van der Waals surface area contributed by atoms with Gasteiger partial charge in [0.2, 0.25) is 0 Å². The number of hydrogen-bond acceptors (Lipinski definition) is 6. The largest absolute Gasteiger partial charge is 0.416 e. The number of benzene rings is 2. The number of rotatable bonds is 6.